The van der Waals surface area contributed by atoms with E-state index in [1.54, 1.807) is 36.4 Å². The largest absolute Gasteiger partial charge is 0.379 e. The number of nitro groups is 3. The summed E-state index contributed by atoms with van der Waals surface area (Å²) in [5, 5.41) is 37.9. The molecule has 0 spiro atoms. The lowest BCUT2D eigenvalue weighted by molar-refractivity contribution is -0.387. The number of hydrogen-bond donors (Lipinski definition) is 2. The molecule has 3 aromatic carbocycles. The fraction of sp³-hybridized carbons (Fsp3) is 0.182. The van der Waals surface area contributed by atoms with Crippen LogP contribution in [0.15, 0.2) is 72.8 Å². The van der Waals surface area contributed by atoms with Crippen molar-refractivity contribution in [3.05, 3.63) is 109 Å². The van der Waals surface area contributed by atoms with Crippen molar-refractivity contribution >= 4 is 28.4 Å². The van der Waals surface area contributed by atoms with Gasteiger partial charge in [0.1, 0.15) is 11.4 Å². The van der Waals surface area contributed by atoms with Gasteiger partial charge in [-0.15, -0.1) is 0 Å². The lowest BCUT2D eigenvalue weighted by atomic mass is 10.2. The van der Waals surface area contributed by atoms with Gasteiger partial charge in [-0.05, 0) is 31.0 Å². The highest BCUT2D eigenvalue weighted by molar-refractivity contribution is 5.61. The van der Waals surface area contributed by atoms with Gasteiger partial charge >= 0.3 is 5.69 Å². The maximum Gasteiger partial charge on any atom is 0.304 e. The fourth-order valence-corrected chi connectivity index (χ4v) is 2.86. The van der Waals surface area contributed by atoms with Gasteiger partial charge in [0.05, 0.1) is 14.8 Å². The third-order valence-corrected chi connectivity index (χ3v) is 4.49. The van der Waals surface area contributed by atoms with E-state index in [9.17, 15) is 34.7 Å². The van der Waals surface area contributed by atoms with Gasteiger partial charge < -0.3 is 10.6 Å². The second-order valence-corrected chi connectivity index (χ2v) is 6.82. The first-order valence-corrected chi connectivity index (χ1v) is 10.1. The molecule has 0 atom stereocenters. The number of benzene rings is 3. The normalized spacial score (nSPS) is 9.91. The number of nitrogens with zero attached hydrogens (tertiary/aromatic N) is 3. The van der Waals surface area contributed by atoms with Crippen LogP contribution in [-0.2, 0) is 0 Å². The number of nitro benzene ring substituents is 3. The minimum atomic E-state index is -0.799. The van der Waals surface area contributed by atoms with Crippen LogP contribution in [0.4, 0.5) is 32.8 Å². The van der Waals surface area contributed by atoms with Crippen molar-refractivity contribution in [1.82, 2.24) is 0 Å². The zero-order valence-corrected chi connectivity index (χ0v) is 17.9. The van der Waals surface area contributed by atoms with E-state index in [4.69, 9.17) is 0 Å². The second kappa shape index (κ2) is 13.1. The SMILES string of the molecule is O=[N+]([O-])c1ccccc1F.O=[N+]([O-])c1ccccc1NCCCCNc1ccccc1[N+](=O)[O-]. The zero-order valence-electron chi connectivity index (χ0n) is 17.9. The summed E-state index contributed by atoms with van der Waals surface area (Å²) in [6.07, 6.45) is 1.55. The van der Waals surface area contributed by atoms with Gasteiger partial charge in [0, 0.05) is 31.3 Å². The van der Waals surface area contributed by atoms with Crippen molar-refractivity contribution in [3.8, 4) is 0 Å². The third-order valence-electron chi connectivity index (χ3n) is 4.49. The van der Waals surface area contributed by atoms with Gasteiger partial charge in [-0.2, -0.15) is 4.39 Å². The van der Waals surface area contributed by atoms with Gasteiger partial charge in [-0.25, -0.2) is 0 Å². The first kappa shape index (κ1) is 25.6. The van der Waals surface area contributed by atoms with E-state index in [1.807, 2.05) is 0 Å². The van der Waals surface area contributed by atoms with Gasteiger partial charge in [0.2, 0.25) is 5.82 Å². The smallest absolute Gasteiger partial charge is 0.304 e. The fourth-order valence-electron chi connectivity index (χ4n) is 2.86. The Hall–Kier alpha value is -4.61. The summed E-state index contributed by atoms with van der Waals surface area (Å²) in [7, 11) is 0. The van der Waals surface area contributed by atoms with E-state index in [2.05, 4.69) is 10.6 Å². The van der Waals surface area contributed by atoms with Crippen molar-refractivity contribution in [1.29, 1.82) is 0 Å². The molecular weight excluding hydrogens is 449 g/mol. The van der Waals surface area contributed by atoms with Gasteiger partial charge in [-0.3, -0.25) is 30.3 Å². The molecule has 12 heteroatoms. The average Bonchev–Trinajstić information content (AvgIpc) is 2.82. The molecule has 2 N–H and O–H groups in total. The minimum absolute atomic E-state index is 0.0514. The topological polar surface area (TPSA) is 153 Å². The summed E-state index contributed by atoms with van der Waals surface area (Å²) in [4.78, 5) is 30.2. The predicted molar refractivity (Wildman–Crippen MR) is 125 cm³/mol. The maximum atomic E-state index is 12.4. The third kappa shape index (κ3) is 7.82. The van der Waals surface area contributed by atoms with E-state index in [0.717, 1.165) is 25.0 Å². The quantitative estimate of drug-likeness (QED) is 0.222. The van der Waals surface area contributed by atoms with Crippen molar-refractivity contribution in [2.24, 2.45) is 0 Å². The summed E-state index contributed by atoms with van der Waals surface area (Å²) in [6, 6.07) is 18.0. The summed E-state index contributed by atoms with van der Waals surface area (Å²) in [5.74, 6) is -0.799. The van der Waals surface area contributed by atoms with Gasteiger partial charge in [0.25, 0.3) is 11.4 Å². The van der Waals surface area contributed by atoms with Gasteiger partial charge in [-0.1, -0.05) is 36.4 Å². The van der Waals surface area contributed by atoms with Crippen LogP contribution in [-0.4, -0.2) is 27.9 Å². The van der Waals surface area contributed by atoms with Crippen LogP contribution in [0, 0.1) is 36.2 Å². The van der Waals surface area contributed by atoms with Crippen molar-refractivity contribution < 1.29 is 19.2 Å². The number of nitrogens with one attached hydrogen (secondary N) is 2. The number of halogens is 1. The Labute approximate surface area is 193 Å². The lowest BCUT2D eigenvalue weighted by Crippen LogP contribution is -2.08. The predicted octanol–water partition coefficient (Wildman–Crippen LogP) is 5.54. The molecule has 0 unspecified atom stereocenters. The highest BCUT2D eigenvalue weighted by atomic mass is 19.1. The molecule has 0 fully saturated rings. The second-order valence-electron chi connectivity index (χ2n) is 6.82. The van der Waals surface area contributed by atoms with Crippen LogP contribution in [0.5, 0.6) is 0 Å². The van der Waals surface area contributed by atoms with E-state index >= 15 is 0 Å². The monoisotopic (exact) mass is 471 g/mol. The molecule has 0 bridgehead atoms. The molecule has 0 heterocycles. The summed E-state index contributed by atoms with van der Waals surface area (Å²) < 4.78 is 12.4. The van der Waals surface area contributed by atoms with Crippen LogP contribution in [0.25, 0.3) is 0 Å². The molecule has 0 aromatic heterocycles. The summed E-state index contributed by atoms with van der Waals surface area (Å²) in [6.45, 7) is 1.17. The van der Waals surface area contributed by atoms with E-state index in [0.29, 0.717) is 24.5 Å². The molecule has 0 aliphatic carbocycles. The number of unbranched alkanes of at least 4 members (excludes halogenated alkanes) is 1. The molecule has 0 aliphatic heterocycles. The summed E-state index contributed by atoms with van der Waals surface area (Å²) in [5.41, 5.74) is 0.608. The van der Waals surface area contributed by atoms with Crippen molar-refractivity contribution in [2.45, 2.75) is 12.8 Å². The summed E-state index contributed by atoms with van der Waals surface area (Å²) >= 11 is 0. The highest BCUT2D eigenvalue weighted by Crippen LogP contribution is 2.24. The lowest BCUT2D eigenvalue weighted by Gasteiger charge is -2.08. The Bertz CT molecular complexity index is 1080. The molecule has 34 heavy (non-hydrogen) atoms. The first-order chi connectivity index (χ1) is 16.3. The van der Waals surface area contributed by atoms with Gasteiger partial charge in [0.15, 0.2) is 0 Å². The first-order valence-electron chi connectivity index (χ1n) is 10.1. The van der Waals surface area contributed by atoms with E-state index in [-0.39, 0.29) is 11.4 Å². The van der Waals surface area contributed by atoms with Crippen LogP contribution in [0.2, 0.25) is 0 Å². The van der Waals surface area contributed by atoms with Crippen LogP contribution in [0.1, 0.15) is 12.8 Å². The molecule has 0 amide bonds. The number of rotatable bonds is 10. The average molecular weight is 471 g/mol. The molecule has 11 nitrogen and oxygen atoms in total. The molecule has 0 aliphatic rings. The molecule has 178 valence electrons. The Morgan fingerprint density at radius 2 is 0.941 bits per heavy atom. The zero-order chi connectivity index (χ0) is 24.9. The van der Waals surface area contributed by atoms with Crippen LogP contribution in [0.3, 0.4) is 0 Å². The molecule has 0 radical (unpaired) electrons. The number of para-hydroxylation sites is 5. The molecule has 0 saturated carbocycles. The maximum absolute atomic E-state index is 12.4. The molecule has 0 saturated heterocycles. The number of hydrogen-bond acceptors (Lipinski definition) is 8. The Balaban J connectivity index is 0.000000340. The highest BCUT2D eigenvalue weighted by Gasteiger charge is 2.12. The van der Waals surface area contributed by atoms with Crippen molar-refractivity contribution in [3.63, 3.8) is 0 Å². The van der Waals surface area contributed by atoms with Crippen molar-refractivity contribution in [2.75, 3.05) is 23.7 Å². The van der Waals surface area contributed by atoms with E-state index in [1.165, 1.54) is 24.3 Å². The minimum Gasteiger partial charge on any atom is -0.379 e. The standard InChI is InChI=1S/C16H18N4O4.C6H4FNO2/c21-19(22)15-9-3-1-7-13(15)17-11-5-6-12-18-14-8-2-4-10-16(14)20(23)24;7-5-3-1-2-4-6(5)8(9)10/h1-4,7-10,17-18H,5-6,11-12H2;1-4H. The Morgan fingerprint density at radius 1 is 0.588 bits per heavy atom. The molecule has 3 aromatic rings. The molecule has 3 rings (SSSR count). The number of anilines is 2. The molecular formula is C22H22FN5O6. The van der Waals surface area contributed by atoms with Crippen LogP contribution >= 0.6 is 0 Å². The Kier molecular flexibility index (Phi) is 9.85. The van der Waals surface area contributed by atoms with E-state index < -0.39 is 26.3 Å². The van der Waals surface area contributed by atoms with Crippen LogP contribution < -0.4 is 10.6 Å². The Morgan fingerprint density at radius 3 is 1.29 bits per heavy atom.